The van der Waals surface area contributed by atoms with Crippen molar-refractivity contribution < 1.29 is 5.11 Å². The van der Waals surface area contributed by atoms with E-state index >= 15 is 0 Å². The van der Waals surface area contributed by atoms with Gasteiger partial charge >= 0.3 is 0 Å². The predicted octanol–water partition coefficient (Wildman–Crippen LogP) is 4.40. The van der Waals surface area contributed by atoms with Gasteiger partial charge in [-0.2, -0.15) is 0 Å². The van der Waals surface area contributed by atoms with E-state index in [1.807, 2.05) is 66.1 Å². The quantitative estimate of drug-likeness (QED) is 0.391. The monoisotopic (exact) mass is 460 g/mol. The van der Waals surface area contributed by atoms with E-state index in [9.17, 15) is 5.11 Å². The highest BCUT2D eigenvalue weighted by Gasteiger charge is 2.19. The molecule has 0 amide bonds. The summed E-state index contributed by atoms with van der Waals surface area (Å²) in [5.74, 6) is 1.26. The zero-order valence-corrected chi connectivity index (χ0v) is 18.8. The van der Waals surface area contributed by atoms with Crippen LogP contribution in [0.1, 0.15) is 11.4 Å². The van der Waals surface area contributed by atoms with Crippen LogP contribution >= 0.6 is 0 Å². The molecule has 6 rings (SSSR count). The Balaban J connectivity index is 1.37. The maximum Gasteiger partial charge on any atom is 0.257 e. The van der Waals surface area contributed by atoms with Gasteiger partial charge in [-0.1, -0.05) is 78.9 Å². The summed E-state index contributed by atoms with van der Waals surface area (Å²) in [5.41, 5.74) is 6.83. The molecule has 9 nitrogen and oxygen atoms in total. The summed E-state index contributed by atoms with van der Waals surface area (Å²) in [6.45, 7) is 2.45. The molecule has 3 aromatic heterocycles. The van der Waals surface area contributed by atoms with Crippen molar-refractivity contribution in [2.75, 3.05) is 0 Å². The lowest BCUT2D eigenvalue weighted by Gasteiger charge is -2.11. The Morgan fingerprint density at radius 2 is 1.54 bits per heavy atom. The molecule has 170 valence electrons. The number of tetrazole rings is 1. The molecule has 0 aliphatic heterocycles. The van der Waals surface area contributed by atoms with Gasteiger partial charge in [0, 0.05) is 17.7 Å². The molecule has 0 saturated carbocycles. The summed E-state index contributed by atoms with van der Waals surface area (Å²) in [7, 11) is 0. The molecule has 2 N–H and O–H groups in total. The zero-order chi connectivity index (χ0) is 23.8. The average Bonchev–Trinajstić information content (AvgIpc) is 3.54. The van der Waals surface area contributed by atoms with Crippen LogP contribution in [-0.4, -0.2) is 45.5 Å². The number of aryl methyl sites for hydroxylation is 1. The van der Waals surface area contributed by atoms with Crippen LogP contribution in [0.3, 0.4) is 0 Å². The zero-order valence-electron chi connectivity index (χ0n) is 18.8. The van der Waals surface area contributed by atoms with Gasteiger partial charge in [0.2, 0.25) is 0 Å². The molecule has 35 heavy (non-hydrogen) atoms. The second kappa shape index (κ2) is 8.45. The van der Waals surface area contributed by atoms with Crippen molar-refractivity contribution in [2.24, 2.45) is 0 Å². The number of fused-ring (bicyclic) bond motifs is 1. The summed E-state index contributed by atoms with van der Waals surface area (Å²) >= 11 is 0. The molecule has 0 fully saturated rings. The molecule has 0 unspecified atom stereocenters. The van der Waals surface area contributed by atoms with Gasteiger partial charge in [0.05, 0.1) is 0 Å². The first-order valence-electron chi connectivity index (χ1n) is 11.1. The highest BCUT2D eigenvalue weighted by molar-refractivity contribution is 5.92. The second-order valence-corrected chi connectivity index (χ2v) is 8.17. The van der Waals surface area contributed by atoms with E-state index in [0.717, 1.165) is 33.6 Å². The summed E-state index contributed by atoms with van der Waals surface area (Å²) in [6.07, 6.45) is 0. The Morgan fingerprint density at radius 3 is 2.29 bits per heavy atom. The fourth-order valence-electron chi connectivity index (χ4n) is 4.32. The van der Waals surface area contributed by atoms with Gasteiger partial charge in [0.15, 0.2) is 5.82 Å². The van der Waals surface area contributed by atoms with Crippen LogP contribution in [0.4, 0.5) is 0 Å². The Bertz CT molecular complexity index is 1620. The summed E-state index contributed by atoms with van der Waals surface area (Å²) in [6, 6.07) is 26.0. The Morgan fingerprint density at radius 1 is 0.800 bits per heavy atom. The number of aromatic hydroxyl groups is 1. The van der Waals surface area contributed by atoms with Gasteiger partial charge in [-0.15, -0.1) is 15.3 Å². The Labute approximate surface area is 200 Å². The minimum absolute atomic E-state index is 0.133. The molecule has 0 aliphatic rings. The highest BCUT2D eigenvalue weighted by atomic mass is 16.3. The largest absolute Gasteiger partial charge is 0.491 e. The van der Waals surface area contributed by atoms with Crippen LogP contribution in [0.2, 0.25) is 0 Å². The van der Waals surface area contributed by atoms with Gasteiger partial charge in [-0.3, -0.25) is 0 Å². The van der Waals surface area contributed by atoms with Crippen molar-refractivity contribution in [1.29, 1.82) is 0 Å². The lowest BCUT2D eigenvalue weighted by molar-refractivity contribution is 0.449. The standard InChI is InChI=1S/C26H20N8O/c1-16-27-23-22(19-7-3-2-4-8-19)28-31-26(35)24(23)34(16)15-17-11-13-18(14-12-17)20-9-5-6-10-21(20)25-29-32-33-30-25/h2-14H,15H2,1H3,(H,31,35)(H,29,30,32,33). The molecular formula is C26H20N8O. The third kappa shape index (κ3) is 3.68. The first-order chi connectivity index (χ1) is 17.2. The lowest BCUT2D eigenvalue weighted by atomic mass is 9.98. The SMILES string of the molecule is Cc1nc2c(-c3ccccc3)nnc(O)c2n1Cc1ccc(-c2ccccc2-c2nnn[nH]2)cc1. The van der Waals surface area contributed by atoms with Crippen LogP contribution in [0, 0.1) is 6.92 Å². The summed E-state index contributed by atoms with van der Waals surface area (Å²) in [5, 5.41) is 33.1. The van der Waals surface area contributed by atoms with Crippen molar-refractivity contribution in [3.63, 3.8) is 0 Å². The minimum atomic E-state index is -0.133. The molecule has 9 heteroatoms. The number of hydrogen-bond donors (Lipinski definition) is 2. The Hall–Kier alpha value is -4.92. The van der Waals surface area contributed by atoms with Crippen LogP contribution in [-0.2, 0) is 6.54 Å². The van der Waals surface area contributed by atoms with E-state index < -0.39 is 0 Å². The van der Waals surface area contributed by atoms with Crippen molar-refractivity contribution >= 4 is 11.0 Å². The number of hydrogen-bond acceptors (Lipinski definition) is 7. The van der Waals surface area contributed by atoms with Crippen LogP contribution in [0.15, 0.2) is 78.9 Å². The number of benzene rings is 3. The number of aromatic amines is 1. The molecule has 0 spiro atoms. The molecule has 0 aliphatic carbocycles. The normalized spacial score (nSPS) is 11.2. The second-order valence-electron chi connectivity index (χ2n) is 8.17. The van der Waals surface area contributed by atoms with E-state index in [-0.39, 0.29) is 5.88 Å². The number of nitrogens with zero attached hydrogens (tertiary/aromatic N) is 7. The Kier molecular flexibility index (Phi) is 4.99. The number of nitrogens with one attached hydrogen (secondary N) is 1. The molecule has 0 radical (unpaired) electrons. The molecule has 0 saturated heterocycles. The van der Waals surface area contributed by atoms with Gasteiger partial charge in [0.25, 0.3) is 5.88 Å². The molecule has 0 atom stereocenters. The summed E-state index contributed by atoms with van der Waals surface area (Å²) < 4.78 is 1.97. The van der Waals surface area contributed by atoms with Gasteiger partial charge in [0.1, 0.15) is 22.6 Å². The highest BCUT2D eigenvalue weighted by Crippen LogP contribution is 2.32. The fourth-order valence-corrected chi connectivity index (χ4v) is 4.32. The smallest absolute Gasteiger partial charge is 0.257 e. The molecular weight excluding hydrogens is 440 g/mol. The van der Waals surface area contributed by atoms with Gasteiger partial charge in [-0.05, 0) is 34.0 Å². The molecule has 3 aromatic carbocycles. The first-order valence-corrected chi connectivity index (χ1v) is 11.1. The van der Waals surface area contributed by atoms with E-state index in [2.05, 4.69) is 55.1 Å². The fraction of sp³-hybridized carbons (Fsp3) is 0.0769. The average molecular weight is 461 g/mol. The van der Waals surface area contributed by atoms with Crippen LogP contribution in [0.5, 0.6) is 5.88 Å². The molecule has 6 aromatic rings. The number of H-pyrrole nitrogens is 1. The van der Waals surface area contributed by atoms with Crippen molar-refractivity contribution in [3.05, 3.63) is 90.3 Å². The number of aromatic nitrogens is 8. The summed E-state index contributed by atoms with van der Waals surface area (Å²) in [4.78, 5) is 4.73. The minimum Gasteiger partial charge on any atom is -0.491 e. The molecule has 3 heterocycles. The first kappa shape index (κ1) is 20.7. The van der Waals surface area contributed by atoms with Gasteiger partial charge in [-0.25, -0.2) is 10.1 Å². The topological polar surface area (TPSA) is 118 Å². The maximum atomic E-state index is 10.6. The van der Waals surface area contributed by atoms with Gasteiger partial charge < -0.3 is 9.67 Å². The third-order valence-corrected chi connectivity index (χ3v) is 6.02. The predicted molar refractivity (Wildman–Crippen MR) is 131 cm³/mol. The van der Waals surface area contributed by atoms with Crippen LogP contribution in [0.25, 0.3) is 44.8 Å². The van der Waals surface area contributed by atoms with E-state index in [4.69, 9.17) is 4.98 Å². The van der Waals surface area contributed by atoms with E-state index in [1.54, 1.807) is 0 Å². The van der Waals surface area contributed by atoms with Crippen molar-refractivity contribution in [3.8, 4) is 39.7 Å². The van der Waals surface area contributed by atoms with E-state index in [1.165, 1.54) is 0 Å². The maximum absolute atomic E-state index is 10.6. The number of rotatable bonds is 5. The van der Waals surface area contributed by atoms with Crippen LogP contribution < -0.4 is 0 Å². The third-order valence-electron chi connectivity index (χ3n) is 6.02. The lowest BCUT2D eigenvalue weighted by Crippen LogP contribution is -2.03. The van der Waals surface area contributed by atoms with E-state index in [0.29, 0.717) is 29.1 Å². The van der Waals surface area contributed by atoms with Crippen molar-refractivity contribution in [1.82, 2.24) is 40.4 Å². The van der Waals surface area contributed by atoms with Crippen molar-refractivity contribution in [2.45, 2.75) is 13.5 Å². The molecule has 0 bridgehead atoms. The number of imidazole rings is 1.